The van der Waals surface area contributed by atoms with Crippen molar-refractivity contribution in [3.8, 4) is 0 Å². The van der Waals surface area contributed by atoms with E-state index in [1.807, 2.05) is 0 Å². The van der Waals surface area contributed by atoms with Crippen molar-refractivity contribution < 1.29 is 0 Å². The number of benzene rings is 2. The maximum absolute atomic E-state index is 2.92. The van der Waals surface area contributed by atoms with Gasteiger partial charge in [0.25, 0.3) is 0 Å². The van der Waals surface area contributed by atoms with Gasteiger partial charge in [0, 0.05) is 5.92 Å². The highest BCUT2D eigenvalue weighted by Crippen LogP contribution is 2.31. The van der Waals surface area contributed by atoms with Crippen molar-refractivity contribution in [3.05, 3.63) is 71.8 Å². The Hall–Kier alpha value is -1.13. The third kappa shape index (κ3) is 2.51. The topological polar surface area (TPSA) is 0 Å². The summed E-state index contributed by atoms with van der Waals surface area (Å²) in [5.41, 5.74) is 3.30. The van der Waals surface area contributed by atoms with Crippen molar-refractivity contribution in [1.29, 1.82) is 0 Å². The van der Waals surface area contributed by atoms with Gasteiger partial charge in [0.05, 0.1) is 0 Å². The van der Waals surface area contributed by atoms with Gasteiger partial charge in [-0.05, 0) is 16.8 Å². The van der Waals surface area contributed by atoms with Gasteiger partial charge in [0.2, 0.25) is 0 Å². The standard InChI is InChI=1S/C15H17P/c1-12(16)15(13-8-4-2-5-9-13)14-10-6-3-7-11-14/h2-12,15H,16H2,1H3. The summed E-state index contributed by atoms with van der Waals surface area (Å²) >= 11 is 0. The molecule has 2 rings (SSSR count). The Morgan fingerprint density at radius 2 is 1.12 bits per heavy atom. The molecule has 2 aromatic carbocycles. The van der Waals surface area contributed by atoms with Crippen molar-refractivity contribution in [2.45, 2.75) is 18.5 Å². The number of rotatable bonds is 3. The minimum atomic E-state index is 0.465. The van der Waals surface area contributed by atoms with Crippen LogP contribution in [0.2, 0.25) is 0 Å². The summed E-state index contributed by atoms with van der Waals surface area (Å²) in [5.74, 6) is 0.465. The highest BCUT2D eigenvalue weighted by atomic mass is 31.0. The third-order valence-electron chi connectivity index (χ3n) is 2.84. The first kappa shape index (κ1) is 11.4. The molecule has 0 saturated heterocycles. The molecule has 0 aliphatic rings. The van der Waals surface area contributed by atoms with Crippen LogP contribution in [0, 0.1) is 0 Å². The molecule has 0 heterocycles. The van der Waals surface area contributed by atoms with E-state index in [1.54, 1.807) is 0 Å². The zero-order valence-electron chi connectivity index (χ0n) is 9.51. The lowest BCUT2D eigenvalue weighted by Crippen LogP contribution is -2.10. The summed E-state index contributed by atoms with van der Waals surface area (Å²) in [6.07, 6.45) is 0. The van der Waals surface area contributed by atoms with Crippen molar-refractivity contribution in [1.82, 2.24) is 0 Å². The summed E-state index contributed by atoms with van der Waals surface area (Å²) in [4.78, 5) is 0. The molecule has 0 fully saturated rings. The van der Waals surface area contributed by atoms with E-state index in [0.717, 1.165) is 0 Å². The van der Waals surface area contributed by atoms with Crippen LogP contribution < -0.4 is 0 Å². The third-order valence-corrected chi connectivity index (χ3v) is 3.23. The monoisotopic (exact) mass is 228 g/mol. The SMILES string of the molecule is CC(P)C(c1ccccc1)c1ccccc1. The van der Waals surface area contributed by atoms with E-state index in [1.165, 1.54) is 11.1 Å². The van der Waals surface area contributed by atoms with Gasteiger partial charge in [-0.1, -0.05) is 67.6 Å². The predicted octanol–water partition coefficient (Wildman–Crippen LogP) is 4.08. The molecule has 0 aromatic heterocycles. The fourth-order valence-corrected chi connectivity index (χ4v) is 2.56. The van der Waals surface area contributed by atoms with Crippen molar-refractivity contribution in [2.24, 2.45) is 0 Å². The van der Waals surface area contributed by atoms with Crippen LogP contribution in [0.5, 0.6) is 0 Å². The smallest absolute Gasteiger partial charge is 0.0149 e. The van der Waals surface area contributed by atoms with Crippen LogP contribution in [0.1, 0.15) is 24.0 Å². The van der Waals surface area contributed by atoms with E-state index >= 15 is 0 Å². The van der Waals surface area contributed by atoms with Crippen LogP contribution >= 0.6 is 9.24 Å². The van der Waals surface area contributed by atoms with Crippen LogP contribution in [0.4, 0.5) is 0 Å². The van der Waals surface area contributed by atoms with Gasteiger partial charge in [0.15, 0.2) is 0 Å². The van der Waals surface area contributed by atoms with Gasteiger partial charge >= 0.3 is 0 Å². The maximum Gasteiger partial charge on any atom is 0.0149 e. The summed E-state index contributed by atoms with van der Waals surface area (Å²) in [7, 11) is 2.92. The van der Waals surface area contributed by atoms with Gasteiger partial charge in [0.1, 0.15) is 0 Å². The first-order chi connectivity index (χ1) is 7.79. The minimum absolute atomic E-state index is 0.465. The Labute approximate surface area is 99.9 Å². The second kappa shape index (κ2) is 5.27. The summed E-state index contributed by atoms with van der Waals surface area (Å²) in [5, 5.41) is 0. The molecule has 0 nitrogen and oxygen atoms in total. The largest absolute Gasteiger partial charge is 0.134 e. The van der Waals surface area contributed by atoms with Gasteiger partial charge in [-0.2, -0.15) is 0 Å². The molecule has 0 aliphatic heterocycles. The lowest BCUT2D eigenvalue weighted by molar-refractivity contribution is 0.796. The Bertz CT molecular complexity index is 380. The summed E-state index contributed by atoms with van der Waals surface area (Å²) < 4.78 is 0. The molecule has 0 aliphatic carbocycles. The average molecular weight is 228 g/mol. The lowest BCUT2D eigenvalue weighted by atomic mass is 9.89. The fourth-order valence-electron chi connectivity index (χ4n) is 2.12. The molecule has 2 aromatic rings. The van der Waals surface area contributed by atoms with Crippen molar-refractivity contribution in [3.63, 3.8) is 0 Å². The van der Waals surface area contributed by atoms with E-state index < -0.39 is 0 Å². The highest BCUT2D eigenvalue weighted by Gasteiger charge is 2.17. The second-order valence-electron chi connectivity index (χ2n) is 4.16. The van der Waals surface area contributed by atoms with Crippen LogP contribution in [0.3, 0.4) is 0 Å². The van der Waals surface area contributed by atoms with Crippen LogP contribution in [-0.2, 0) is 0 Å². The van der Waals surface area contributed by atoms with E-state index in [9.17, 15) is 0 Å². The molecule has 0 N–H and O–H groups in total. The molecule has 16 heavy (non-hydrogen) atoms. The normalized spacial score (nSPS) is 12.7. The van der Waals surface area contributed by atoms with Crippen LogP contribution in [0.15, 0.2) is 60.7 Å². The predicted molar refractivity (Wildman–Crippen MR) is 73.9 cm³/mol. The van der Waals surface area contributed by atoms with Gasteiger partial charge in [-0.3, -0.25) is 0 Å². The molecule has 2 atom stereocenters. The zero-order chi connectivity index (χ0) is 11.4. The van der Waals surface area contributed by atoms with E-state index in [-0.39, 0.29) is 0 Å². The molecule has 1 heteroatoms. The average Bonchev–Trinajstić information content (AvgIpc) is 2.31. The highest BCUT2D eigenvalue weighted by molar-refractivity contribution is 7.17. The second-order valence-corrected chi connectivity index (χ2v) is 5.21. The first-order valence-electron chi connectivity index (χ1n) is 5.64. The minimum Gasteiger partial charge on any atom is -0.134 e. The van der Waals surface area contributed by atoms with Crippen molar-refractivity contribution >= 4 is 9.24 Å². The maximum atomic E-state index is 2.92. The Kier molecular flexibility index (Phi) is 3.74. The number of hydrogen-bond donors (Lipinski definition) is 0. The van der Waals surface area contributed by atoms with Crippen molar-refractivity contribution in [2.75, 3.05) is 0 Å². The molecule has 0 spiro atoms. The Morgan fingerprint density at radius 3 is 1.44 bits per heavy atom. The first-order valence-corrected chi connectivity index (χ1v) is 6.31. The van der Waals surface area contributed by atoms with Crippen LogP contribution in [0.25, 0.3) is 0 Å². The number of hydrogen-bond acceptors (Lipinski definition) is 0. The lowest BCUT2D eigenvalue weighted by Gasteiger charge is -2.21. The summed E-state index contributed by atoms with van der Waals surface area (Å²) in [6, 6.07) is 21.4. The van der Waals surface area contributed by atoms with Gasteiger partial charge in [-0.25, -0.2) is 0 Å². The summed E-state index contributed by atoms with van der Waals surface area (Å²) in [6.45, 7) is 2.25. The molecule has 0 amide bonds. The molecule has 0 saturated carbocycles. The fraction of sp³-hybridized carbons (Fsp3) is 0.200. The molecule has 82 valence electrons. The molecular formula is C15H17P. The zero-order valence-corrected chi connectivity index (χ0v) is 10.7. The molecular weight excluding hydrogens is 211 g/mol. The quantitative estimate of drug-likeness (QED) is 0.694. The Balaban J connectivity index is 2.40. The van der Waals surface area contributed by atoms with Gasteiger partial charge in [-0.15, -0.1) is 9.24 Å². The van der Waals surface area contributed by atoms with Gasteiger partial charge < -0.3 is 0 Å². The molecule has 0 bridgehead atoms. The van der Waals surface area contributed by atoms with E-state index in [0.29, 0.717) is 11.6 Å². The Morgan fingerprint density at radius 1 is 0.750 bits per heavy atom. The van der Waals surface area contributed by atoms with Crippen LogP contribution in [-0.4, -0.2) is 5.66 Å². The molecule has 0 radical (unpaired) electrons. The molecule has 2 unspecified atom stereocenters. The van der Waals surface area contributed by atoms with E-state index in [2.05, 4.69) is 76.8 Å². The van der Waals surface area contributed by atoms with E-state index in [4.69, 9.17) is 0 Å².